The number of nitrogens with zero attached hydrogens (tertiary/aromatic N) is 2. The predicted octanol–water partition coefficient (Wildman–Crippen LogP) is 3.95. The van der Waals surface area contributed by atoms with Crippen LogP contribution >= 0.6 is 11.3 Å². The van der Waals surface area contributed by atoms with Gasteiger partial charge in [0.2, 0.25) is 0 Å². The van der Waals surface area contributed by atoms with Gasteiger partial charge in [0.1, 0.15) is 11.4 Å². The lowest BCUT2D eigenvalue weighted by molar-refractivity contribution is -0.118. The number of aromatic nitrogens is 1. The van der Waals surface area contributed by atoms with Crippen LogP contribution in [-0.4, -0.2) is 53.2 Å². The molecule has 0 unspecified atom stereocenters. The summed E-state index contributed by atoms with van der Waals surface area (Å²) in [5.41, 5.74) is 1.95. The zero-order valence-electron chi connectivity index (χ0n) is 17.4. The van der Waals surface area contributed by atoms with Crippen LogP contribution in [0, 0.1) is 0 Å². The van der Waals surface area contributed by atoms with Gasteiger partial charge in [-0.15, -0.1) is 11.3 Å². The van der Waals surface area contributed by atoms with E-state index in [2.05, 4.69) is 10.6 Å². The average molecular weight is 431 g/mol. The summed E-state index contributed by atoms with van der Waals surface area (Å²) in [6, 6.07) is 5.93. The molecular weight excluding hydrogens is 404 g/mol. The minimum Gasteiger partial charge on any atom is -0.482 e. The monoisotopic (exact) mass is 430 g/mol. The molecule has 0 bridgehead atoms. The lowest BCUT2D eigenvalue weighted by Crippen LogP contribution is -2.44. The molecule has 30 heavy (non-hydrogen) atoms. The molecule has 2 aliphatic rings. The molecule has 2 amide bonds. The second-order valence-electron chi connectivity index (χ2n) is 8.47. The molecule has 9 heteroatoms. The minimum absolute atomic E-state index is 0.0455. The van der Waals surface area contributed by atoms with Crippen molar-refractivity contribution in [2.45, 2.75) is 45.3 Å². The Morgan fingerprint density at radius 2 is 2.10 bits per heavy atom. The Balaban J connectivity index is 1.34. The molecule has 2 aromatic rings. The highest BCUT2D eigenvalue weighted by Crippen LogP contribution is 2.34. The van der Waals surface area contributed by atoms with E-state index in [4.69, 9.17) is 14.5 Å². The van der Waals surface area contributed by atoms with Crippen LogP contribution in [-0.2, 0) is 9.53 Å². The lowest BCUT2D eigenvalue weighted by atomic mass is 10.1. The van der Waals surface area contributed by atoms with E-state index in [0.717, 1.165) is 29.2 Å². The maximum Gasteiger partial charge on any atom is 0.410 e. The Bertz CT molecular complexity index is 945. The fourth-order valence-electron chi connectivity index (χ4n) is 3.42. The van der Waals surface area contributed by atoms with Crippen molar-refractivity contribution >= 4 is 34.2 Å². The summed E-state index contributed by atoms with van der Waals surface area (Å²) in [7, 11) is 0. The SMILES string of the molecule is CC(C)(C)OC(=O)N1CCC(Nc2nc(-c3ccc4c(c3)NC(=O)CO4)cs2)CC1. The van der Waals surface area contributed by atoms with Crippen LogP contribution in [0.5, 0.6) is 5.75 Å². The number of carbonyl (C=O) groups excluding carboxylic acids is 2. The Morgan fingerprint density at radius 1 is 1.33 bits per heavy atom. The van der Waals surface area contributed by atoms with E-state index in [1.165, 1.54) is 0 Å². The highest BCUT2D eigenvalue weighted by Gasteiger charge is 2.27. The number of carbonyl (C=O) groups is 2. The van der Waals surface area contributed by atoms with Crippen molar-refractivity contribution < 1.29 is 19.1 Å². The van der Waals surface area contributed by atoms with Gasteiger partial charge in [-0.05, 0) is 51.8 Å². The number of nitrogens with one attached hydrogen (secondary N) is 2. The van der Waals surface area contributed by atoms with Crippen LogP contribution in [0.2, 0.25) is 0 Å². The van der Waals surface area contributed by atoms with Crippen molar-refractivity contribution in [3.63, 3.8) is 0 Å². The number of piperidine rings is 1. The number of thiazole rings is 1. The zero-order valence-corrected chi connectivity index (χ0v) is 18.2. The molecule has 3 heterocycles. The van der Waals surface area contributed by atoms with Crippen LogP contribution in [0.3, 0.4) is 0 Å². The molecule has 8 nitrogen and oxygen atoms in total. The molecule has 2 aliphatic heterocycles. The maximum absolute atomic E-state index is 12.2. The zero-order chi connectivity index (χ0) is 21.3. The van der Waals surface area contributed by atoms with Gasteiger partial charge in [0, 0.05) is 30.1 Å². The van der Waals surface area contributed by atoms with Gasteiger partial charge in [-0.1, -0.05) is 0 Å². The van der Waals surface area contributed by atoms with E-state index < -0.39 is 5.60 Å². The van der Waals surface area contributed by atoms with Gasteiger partial charge in [0.05, 0.1) is 11.4 Å². The van der Waals surface area contributed by atoms with E-state index in [0.29, 0.717) is 24.5 Å². The number of hydrogen-bond acceptors (Lipinski definition) is 7. The number of anilines is 2. The number of amides is 2. The molecule has 0 aliphatic carbocycles. The van der Waals surface area contributed by atoms with Crippen LogP contribution in [0.1, 0.15) is 33.6 Å². The second-order valence-corrected chi connectivity index (χ2v) is 9.33. The fourth-order valence-corrected chi connectivity index (χ4v) is 4.22. The normalized spacial score (nSPS) is 17.0. The Morgan fingerprint density at radius 3 is 2.83 bits per heavy atom. The van der Waals surface area contributed by atoms with Gasteiger partial charge < -0.3 is 25.0 Å². The third-order valence-corrected chi connectivity index (χ3v) is 5.66. The molecule has 2 N–H and O–H groups in total. The molecule has 160 valence electrons. The minimum atomic E-state index is -0.477. The summed E-state index contributed by atoms with van der Waals surface area (Å²) in [6.07, 6.45) is 1.44. The highest BCUT2D eigenvalue weighted by molar-refractivity contribution is 7.14. The number of ether oxygens (including phenoxy) is 2. The van der Waals surface area contributed by atoms with Gasteiger partial charge in [0.25, 0.3) is 5.91 Å². The second kappa shape index (κ2) is 8.14. The lowest BCUT2D eigenvalue weighted by Gasteiger charge is -2.33. The average Bonchev–Trinajstić information content (AvgIpc) is 3.15. The number of benzene rings is 1. The number of hydrogen-bond donors (Lipinski definition) is 2. The first-order valence-corrected chi connectivity index (χ1v) is 10.9. The molecule has 0 spiro atoms. The van der Waals surface area contributed by atoms with E-state index in [1.54, 1.807) is 16.2 Å². The molecule has 1 aromatic heterocycles. The first kappa shape index (κ1) is 20.5. The summed E-state index contributed by atoms with van der Waals surface area (Å²) in [5, 5.41) is 9.14. The Labute approximate surface area is 179 Å². The molecular formula is C21H26N4O4S. The van der Waals surface area contributed by atoms with Gasteiger partial charge >= 0.3 is 6.09 Å². The van der Waals surface area contributed by atoms with Crippen molar-refractivity contribution in [1.82, 2.24) is 9.88 Å². The van der Waals surface area contributed by atoms with Crippen LogP contribution < -0.4 is 15.4 Å². The first-order chi connectivity index (χ1) is 14.3. The molecule has 0 saturated carbocycles. The maximum atomic E-state index is 12.2. The van der Waals surface area contributed by atoms with Crippen molar-refractivity contribution in [2.24, 2.45) is 0 Å². The number of likely N-dealkylation sites (tertiary alicyclic amines) is 1. The Kier molecular flexibility index (Phi) is 5.55. The standard InChI is InChI=1S/C21H26N4O4S/c1-21(2,3)29-20(27)25-8-6-14(7-9-25)22-19-24-16(12-30-19)13-4-5-17-15(10-13)23-18(26)11-28-17/h4-5,10,12,14H,6-9,11H2,1-3H3,(H,22,24)(H,23,26). The summed E-state index contributed by atoms with van der Waals surface area (Å²) in [4.78, 5) is 30.2. The van der Waals surface area contributed by atoms with Crippen molar-refractivity contribution in [3.8, 4) is 17.0 Å². The summed E-state index contributed by atoms with van der Waals surface area (Å²) >= 11 is 1.54. The van der Waals surface area contributed by atoms with Crippen LogP contribution in [0.4, 0.5) is 15.6 Å². The fraction of sp³-hybridized carbons (Fsp3) is 0.476. The quantitative estimate of drug-likeness (QED) is 0.766. The van der Waals surface area contributed by atoms with Crippen molar-refractivity contribution in [2.75, 3.05) is 30.3 Å². The first-order valence-electron chi connectivity index (χ1n) is 10.0. The summed E-state index contributed by atoms with van der Waals surface area (Å²) < 4.78 is 10.9. The van der Waals surface area contributed by atoms with Crippen molar-refractivity contribution in [3.05, 3.63) is 23.6 Å². The smallest absolute Gasteiger partial charge is 0.410 e. The van der Waals surface area contributed by atoms with E-state index in [1.807, 2.05) is 44.4 Å². The molecule has 1 fully saturated rings. The van der Waals surface area contributed by atoms with Crippen LogP contribution in [0.25, 0.3) is 11.3 Å². The van der Waals surface area contributed by atoms with E-state index >= 15 is 0 Å². The van der Waals surface area contributed by atoms with Gasteiger partial charge in [0.15, 0.2) is 11.7 Å². The largest absolute Gasteiger partial charge is 0.482 e. The molecule has 4 rings (SSSR count). The summed E-state index contributed by atoms with van der Waals surface area (Å²) in [6.45, 7) is 7.00. The van der Waals surface area contributed by atoms with Crippen molar-refractivity contribution in [1.29, 1.82) is 0 Å². The highest BCUT2D eigenvalue weighted by atomic mass is 32.1. The number of fused-ring (bicyclic) bond motifs is 1. The predicted molar refractivity (Wildman–Crippen MR) is 116 cm³/mol. The van der Waals surface area contributed by atoms with E-state index in [9.17, 15) is 9.59 Å². The Hall–Kier alpha value is -2.81. The van der Waals surface area contributed by atoms with Gasteiger partial charge in [-0.25, -0.2) is 9.78 Å². The topological polar surface area (TPSA) is 92.8 Å². The summed E-state index contributed by atoms with van der Waals surface area (Å²) in [5.74, 6) is 0.515. The third-order valence-electron chi connectivity index (χ3n) is 4.89. The molecule has 1 saturated heterocycles. The van der Waals surface area contributed by atoms with Gasteiger partial charge in [-0.2, -0.15) is 0 Å². The van der Waals surface area contributed by atoms with E-state index in [-0.39, 0.29) is 24.6 Å². The number of rotatable bonds is 3. The molecule has 0 atom stereocenters. The molecule has 1 aromatic carbocycles. The molecule has 0 radical (unpaired) electrons. The van der Waals surface area contributed by atoms with Gasteiger partial charge in [-0.3, -0.25) is 4.79 Å². The third kappa shape index (κ3) is 4.84. The van der Waals surface area contributed by atoms with Crippen LogP contribution in [0.15, 0.2) is 23.6 Å².